The molecule has 1 saturated heterocycles. The summed E-state index contributed by atoms with van der Waals surface area (Å²) in [6, 6.07) is 19.8. The lowest BCUT2D eigenvalue weighted by Crippen LogP contribution is -2.35. The van der Waals surface area contributed by atoms with Crippen LogP contribution >= 0.6 is 11.6 Å². The van der Waals surface area contributed by atoms with Crippen molar-refractivity contribution >= 4 is 40.9 Å². The normalized spacial score (nSPS) is 14.5. The highest BCUT2D eigenvalue weighted by Gasteiger charge is 2.34. The van der Waals surface area contributed by atoms with E-state index < -0.39 is 16.7 Å². The van der Waals surface area contributed by atoms with Crippen LogP contribution in [-0.2, 0) is 16.2 Å². The number of nitro benzene ring substituents is 1. The monoisotopic (exact) mass is 449 g/mol. The second-order valence-electron chi connectivity index (χ2n) is 6.87. The molecule has 0 radical (unpaired) electrons. The van der Waals surface area contributed by atoms with Gasteiger partial charge in [0.15, 0.2) is 5.75 Å². The number of halogens is 1. The molecule has 0 aromatic heterocycles. The molecule has 160 valence electrons. The number of ether oxygens (including phenoxy) is 1. The van der Waals surface area contributed by atoms with Gasteiger partial charge in [-0.15, -0.1) is 0 Å². The molecule has 1 N–H and O–H groups in total. The van der Waals surface area contributed by atoms with E-state index in [0.717, 1.165) is 10.6 Å². The van der Waals surface area contributed by atoms with Gasteiger partial charge in [0.05, 0.1) is 10.6 Å². The van der Waals surface area contributed by atoms with Gasteiger partial charge in [-0.05, 0) is 47.5 Å². The predicted octanol–water partition coefficient (Wildman–Crippen LogP) is 4.29. The lowest BCUT2D eigenvalue weighted by molar-refractivity contribution is -0.386. The van der Waals surface area contributed by atoms with Crippen molar-refractivity contribution in [1.82, 2.24) is 5.43 Å². The Hall–Kier alpha value is -4.17. The minimum absolute atomic E-state index is 0.0696. The standard InChI is InChI=1S/C23H16ClN3O5/c24-17-9-6-15(7-10-17)14-32-21-11-8-16(13-20(21)27(30)31)12-19-22(28)25-26(23(19)29)18-4-2-1-3-5-18/h1-13H,14H2,(H,25,28). The Morgan fingerprint density at radius 2 is 1.75 bits per heavy atom. The van der Waals surface area contributed by atoms with Crippen LogP contribution in [0.1, 0.15) is 11.1 Å². The van der Waals surface area contributed by atoms with Crippen LogP contribution in [-0.4, -0.2) is 16.7 Å². The van der Waals surface area contributed by atoms with Crippen molar-refractivity contribution in [3.05, 3.63) is 105 Å². The summed E-state index contributed by atoms with van der Waals surface area (Å²) in [4.78, 5) is 36.0. The number of rotatable bonds is 6. The van der Waals surface area contributed by atoms with Crippen molar-refractivity contribution in [2.45, 2.75) is 6.61 Å². The molecule has 0 unspecified atom stereocenters. The number of carbonyl (C=O) groups excluding carboxylic acids is 2. The fourth-order valence-electron chi connectivity index (χ4n) is 3.11. The van der Waals surface area contributed by atoms with Gasteiger partial charge in [0, 0.05) is 11.1 Å². The van der Waals surface area contributed by atoms with Crippen molar-refractivity contribution in [3.63, 3.8) is 0 Å². The lowest BCUT2D eigenvalue weighted by atomic mass is 10.1. The number of hydrogen-bond donors (Lipinski definition) is 1. The molecule has 0 spiro atoms. The molecule has 1 heterocycles. The van der Waals surface area contributed by atoms with Gasteiger partial charge >= 0.3 is 5.69 Å². The molecule has 0 atom stereocenters. The summed E-state index contributed by atoms with van der Waals surface area (Å²) < 4.78 is 5.61. The first-order chi connectivity index (χ1) is 15.4. The van der Waals surface area contributed by atoms with Gasteiger partial charge in [0.2, 0.25) is 0 Å². The number of benzene rings is 3. The average Bonchev–Trinajstić information content (AvgIpc) is 3.08. The van der Waals surface area contributed by atoms with Gasteiger partial charge in [0.25, 0.3) is 11.8 Å². The Morgan fingerprint density at radius 3 is 2.44 bits per heavy atom. The number of nitrogens with one attached hydrogen (secondary N) is 1. The van der Waals surface area contributed by atoms with Crippen LogP contribution < -0.4 is 15.2 Å². The van der Waals surface area contributed by atoms with Crippen LogP contribution in [0.5, 0.6) is 5.75 Å². The largest absolute Gasteiger partial charge is 0.482 e. The second-order valence-corrected chi connectivity index (χ2v) is 7.31. The van der Waals surface area contributed by atoms with Gasteiger partial charge in [-0.2, -0.15) is 0 Å². The van der Waals surface area contributed by atoms with E-state index in [2.05, 4.69) is 5.43 Å². The van der Waals surface area contributed by atoms with Crippen LogP contribution in [0.15, 0.2) is 78.4 Å². The molecular weight excluding hydrogens is 434 g/mol. The molecule has 0 aliphatic carbocycles. The summed E-state index contributed by atoms with van der Waals surface area (Å²) in [5, 5.41) is 13.3. The maximum absolute atomic E-state index is 12.7. The van der Waals surface area contributed by atoms with Gasteiger partial charge in [-0.3, -0.25) is 25.1 Å². The molecule has 0 bridgehead atoms. The number of nitrogens with zero attached hydrogens (tertiary/aromatic N) is 2. The van der Waals surface area contributed by atoms with Crippen LogP contribution in [0.2, 0.25) is 5.02 Å². The van der Waals surface area contributed by atoms with Gasteiger partial charge < -0.3 is 4.74 Å². The summed E-state index contributed by atoms with van der Waals surface area (Å²) in [6.45, 7) is 0.116. The van der Waals surface area contributed by atoms with E-state index in [4.69, 9.17) is 16.3 Å². The van der Waals surface area contributed by atoms with E-state index in [0.29, 0.717) is 16.3 Å². The van der Waals surface area contributed by atoms with Crippen LogP contribution in [0.25, 0.3) is 6.08 Å². The third kappa shape index (κ3) is 4.45. The third-order valence-electron chi connectivity index (χ3n) is 4.70. The summed E-state index contributed by atoms with van der Waals surface area (Å²) in [6.07, 6.45) is 1.32. The fourth-order valence-corrected chi connectivity index (χ4v) is 3.24. The third-order valence-corrected chi connectivity index (χ3v) is 4.96. The molecule has 8 nitrogen and oxygen atoms in total. The Labute approximate surface area is 187 Å². The van der Waals surface area contributed by atoms with Crippen molar-refractivity contribution in [3.8, 4) is 5.75 Å². The first-order valence-electron chi connectivity index (χ1n) is 9.50. The number of carbonyl (C=O) groups is 2. The molecule has 2 amide bonds. The Bertz CT molecular complexity index is 1230. The van der Waals surface area contributed by atoms with E-state index in [1.54, 1.807) is 60.7 Å². The number of amides is 2. The average molecular weight is 450 g/mol. The zero-order valence-electron chi connectivity index (χ0n) is 16.5. The second kappa shape index (κ2) is 8.91. The molecule has 4 rings (SSSR count). The van der Waals surface area contributed by atoms with E-state index in [1.807, 2.05) is 0 Å². The van der Waals surface area contributed by atoms with Crippen molar-refractivity contribution in [1.29, 1.82) is 0 Å². The maximum Gasteiger partial charge on any atom is 0.311 e. The topological polar surface area (TPSA) is 102 Å². The molecular formula is C23H16ClN3O5. The van der Waals surface area contributed by atoms with E-state index in [1.165, 1.54) is 18.2 Å². The molecule has 32 heavy (non-hydrogen) atoms. The first-order valence-corrected chi connectivity index (χ1v) is 9.88. The van der Waals surface area contributed by atoms with Crippen LogP contribution in [0.4, 0.5) is 11.4 Å². The molecule has 3 aromatic rings. The van der Waals surface area contributed by atoms with Crippen LogP contribution in [0.3, 0.4) is 0 Å². The lowest BCUT2D eigenvalue weighted by Gasteiger charge is -2.13. The summed E-state index contributed by atoms with van der Waals surface area (Å²) in [5.41, 5.74) is 3.71. The van der Waals surface area contributed by atoms with Crippen molar-refractivity contribution in [2.75, 3.05) is 5.01 Å². The van der Waals surface area contributed by atoms with Crippen molar-refractivity contribution in [2.24, 2.45) is 0 Å². The number of para-hydroxylation sites is 1. The zero-order chi connectivity index (χ0) is 22.7. The molecule has 1 fully saturated rings. The number of anilines is 1. The molecule has 0 saturated carbocycles. The SMILES string of the molecule is O=C1NN(c2ccccc2)C(=O)C1=Cc1ccc(OCc2ccc(Cl)cc2)c([N+](=O)[O-])c1. The predicted molar refractivity (Wildman–Crippen MR) is 119 cm³/mol. The number of nitro groups is 1. The highest BCUT2D eigenvalue weighted by Crippen LogP contribution is 2.30. The highest BCUT2D eigenvalue weighted by atomic mass is 35.5. The smallest absolute Gasteiger partial charge is 0.311 e. The van der Waals surface area contributed by atoms with Gasteiger partial charge in [-0.25, -0.2) is 5.01 Å². The summed E-state index contributed by atoms with van der Waals surface area (Å²) in [5.74, 6) is -1.07. The quantitative estimate of drug-likeness (QED) is 0.262. The number of hydrazine groups is 1. The van der Waals surface area contributed by atoms with Crippen molar-refractivity contribution < 1.29 is 19.2 Å². The maximum atomic E-state index is 12.7. The highest BCUT2D eigenvalue weighted by molar-refractivity contribution is 6.31. The van der Waals surface area contributed by atoms with E-state index in [9.17, 15) is 19.7 Å². The summed E-state index contributed by atoms with van der Waals surface area (Å²) >= 11 is 5.86. The van der Waals surface area contributed by atoms with Crippen LogP contribution in [0, 0.1) is 10.1 Å². The minimum atomic E-state index is -0.593. The van der Waals surface area contributed by atoms with E-state index in [-0.39, 0.29) is 23.6 Å². The van der Waals surface area contributed by atoms with Gasteiger partial charge in [-0.1, -0.05) is 48.0 Å². The minimum Gasteiger partial charge on any atom is -0.482 e. The molecule has 3 aromatic carbocycles. The van der Waals surface area contributed by atoms with Gasteiger partial charge in [0.1, 0.15) is 12.2 Å². The number of hydrogen-bond acceptors (Lipinski definition) is 5. The first kappa shape index (κ1) is 21.1. The fraction of sp³-hybridized carbons (Fsp3) is 0.0435. The zero-order valence-corrected chi connectivity index (χ0v) is 17.3. The Morgan fingerprint density at radius 1 is 1.03 bits per heavy atom. The summed E-state index contributed by atoms with van der Waals surface area (Å²) in [7, 11) is 0. The molecule has 1 aliphatic rings. The molecule has 9 heteroatoms. The Kier molecular flexibility index (Phi) is 5.87. The Balaban J connectivity index is 1.57. The van der Waals surface area contributed by atoms with E-state index >= 15 is 0 Å². The molecule has 1 aliphatic heterocycles.